The predicted octanol–water partition coefficient (Wildman–Crippen LogP) is 7.91. The molecule has 3 aromatic carbocycles. The van der Waals surface area contributed by atoms with Gasteiger partial charge in [-0.25, -0.2) is 0 Å². The highest BCUT2D eigenvalue weighted by Gasteiger charge is 2.16. The SMILES string of the molecule is COc1cc(Cl)ccc1NC(=S)N(CCc1ccc(Cl)cc1)Cc1cccn1Cc1ccc(C)cc1C. The lowest BCUT2D eigenvalue weighted by Crippen LogP contribution is -2.36. The average Bonchev–Trinajstić information content (AvgIpc) is 3.31. The topological polar surface area (TPSA) is 29.4 Å². The predicted molar refractivity (Wildman–Crippen MR) is 159 cm³/mol. The molecule has 0 saturated carbocycles. The molecule has 0 fully saturated rings. The molecule has 0 aliphatic rings. The lowest BCUT2D eigenvalue weighted by atomic mass is 10.1. The van der Waals surface area contributed by atoms with E-state index < -0.39 is 0 Å². The minimum atomic E-state index is 0.608. The molecular formula is C30H31Cl2N3OS. The van der Waals surface area contributed by atoms with Crippen molar-refractivity contribution in [2.24, 2.45) is 0 Å². The van der Waals surface area contributed by atoms with Gasteiger partial charge >= 0.3 is 0 Å². The zero-order chi connectivity index (χ0) is 26.4. The maximum atomic E-state index is 6.16. The molecule has 0 saturated heterocycles. The molecule has 0 atom stereocenters. The first kappa shape index (κ1) is 27.1. The highest BCUT2D eigenvalue weighted by atomic mass is 35.5. The Labute approximate surface area is 234 Å². The van der Waals surface area contributed by atoms with Crippen LogP contribution in [-0.2, 0) is 19.5 Å². The molecule has 1 N–H and O–H groups in total. The summed E-state index contributed by atoms with van der Waals surface area (Å²) >= 11 is 18.2. The molecule has 4 aromatic rings. The summed E-state index contributed by atoms with van der Waals surface area (Å²) in [4.78, 5) is 2.19. The first-order chi connectivity index (χ1) is 17.8. The number of anilines is 1. The van der Waals surface area contributed by atoms with E-state index in [1.54, 1.807) is 13.2 Å². The second kappa shape index (κ2) is 12.5. The van der Waals surface area contributed by atoms with Crippen LogP contribution >= 0.6 is 35.4 Å². The van der Waals surface area contributed by atoms with Crippen LogP contribution in [-0.4, -0.2) is 28.2 Å². The number of nitrogens with one attached hydrogen (secondary N) is 1. The van der Waals surface area contributed by atoms with E-state index in [1.807, 2.05) is 24.3 Å². The van der Waals surface area contributed by atoms with E-state index in [-0.39, 0.29) is 0 Å². The third kappa shape index (κ3) is 7.29. The number of halogens is 2. The van der Waals surface area contributed by atoms with E-state index in [4.69, 9.17) is 40.2 Å². The quantitative estimate of drug-likeness (QED) is 0.214. The molecule has 0 aliphatic carbocycles. The van der Waals surface area contributed by atoms with E-state index in [2.05, 4.69) is 77.3 Å². The van der Waals surface area contributed by atoms with Crippen LogP contribution in [0.5, 0.6) is 5.75 Å². The summed E-state index contributed by atoms with van der Waals surface area (Å²) in [5, 5.41) is 5.34. The van der Waals surface area contributed by atoms with E-state index in [0.717, 1.165) is 30.2 Å². The number of aromatic nitrogens is 1. The summed E-state index contributed by atoms with van der Waals surface area (Å²) < 4.78 is 7.81. The monoisotopic (exact) mass is 551 g/mol. The molecule has 0 amide bonds. The molecule has 0 spiro atoms. The van der Waals surface area contributed by atoms with Crippen molar-refractivity contribution in [3.05, 3.63) is 117 Å². The molecular weight excluding hydrogens is 521 g/mol. The van der Waals surface area contributed by atoms with Gasteiger partial charge < -0.3 is 19.5 Å². The molecule has 37 heavy (non-hydrogen) atoms. The van der Waals surface area contributed by atoms with Crippen molar-refractivity contribution in [2.45, 2.75) is 33.4 Å². The molecule has 0 unspecified atom stereocenters. The lowest BCUT2D eigenvalue weighted by molar-refractivity contribution is 0.407. The van der Waals surface area contributed by atoms with Crippen molar-refractivity contribution >= 4 is 46.2 Å². The standard InChI is InChI=1S/C30H31Cl2N3OS/c1-21-6-9-24(22(2)17-21)19-34-15-4-5-27(34)20-35(16-14-23-7-10-25(31)11-8-23)30(37)33-28-13-12-26(32)18-29(28)36-3/h4-13,15,17-18H,14,16,19-20H2,1-3H3,(H,33,37). The Kier molecular flexibility index (Phi) is 9.14. The van der Waals surface area contributed by atoms with Crippen LogP contribution in [0.3, 0.4) is 0 Å². The van der Waals surface area contributed by atoms with Gasteiger partial charge in [-0.1, -0.05) is 59.1 Å². The fraction of sp³-hybridized carbons (Fsp3) is 0.233. The summed E-state index contributed by atoms with van der Waals surface area (Å²) in [6, 6.07) is 24.3. The lowest BCUT2D eigenvalue weighted by Gasteiger charge is -2.27. The Morgan fingerprint density at radius 1 is 0.973 bits per heavy atom. The second-order valence-electron chi connectivity index (χ2n) is 9.13. The summed E-state index contributed by atoms with van der Waals surface area (Å²) in [5.41, 5.74) is 7.04. The molecule has 0 radical (unpaired) electrons. The Bertz CT molecular complexity index is 1370. The van der Waals surface area contributed by atoms with Crippen molar-refractivity contribution in [3.63, 3.8) is 0 Å². The van der Waals surface area contributed by atoms with Crippen LogP contribution in [0, 0.1) is 13.8 Å². The Morgan fingerprint density at radius 2 is 1.73 bits per heavy atom. The largest absolute Gasteiger partial charge is 0.495 e. The molecule has 0 aliphatic heterocycles. The first-order valence-electron chi connectivity index (χ1n) is 12.2. The number of aryl methyl sites for hydroxylation is 2. The van der Waals surface area contributed by atoms with Crippen LogP contribution in [0.4, 0.5) is 5.69 Å². The second-order valence-corrected chi connectivity index (χ2v) is 10.4. The smallest absolute Gasteiger partial charge is 0.173 e. The van der Waals surface area contributed by atoms with Gasteiger partial charge in [0.15, 0.2) is 5.11 Å². The minimum absolute atomic E-state index is 0.608. The summed E-state index contributed by atoms with van der Waals surface area (Å²) in [5.74, 6) is 0.644. The normalized spacial score (nSPS) is 10.8. The van der Waals surface area contributed by atoms with E-state index >= 15 is 0 Å². The Morgan fingerprint density at radius 3 is 2.46 bits per heavy atom. The highest BCUT2D eigenvalue weighted by molar-refractivity contribution is 7.80. The van der Waals surface area contributed by atoms with Crippen molar-refractivity contribution in [1.82, 2.24) is 9.47 Å². The number of nitrogens with zero attached hydrogens (tertiary/aromatic N) is 2. The van der Waals surface area contributed by atoms with Gasteiger partial charge in [0.25, 0.3) is 0 Å². The number of thiocarbonyl (C=S) groups is 1. The van der Waals surface area contributed by atoms with Crippen molar-refractivity contribution in [1.29, 1.82) is 0 Å². The number of ether oxygens (including phenoxy) is 1. The van der Waals surface area contributed by atoms with Crippen LogP contribution in [0.25, 0.3) is 0 Å². The fourth-order valence-electron chi connectivity index (χ4n) is 4.28. The molecule has 1 heterocycles. The van der Waals surface area contributed by atoms with E-state index in [1.165, 1.54) is 27.9 Å². The zero-order valence-electron chi connectivity index (χ0n) is 21.3. The number of hydrogen-bond acceptors (Lipinski definition) is 2. The van der Waals surface area contributed by atoms with Gasteiger partial charge in [-0.3, -0.25) is 0 Å². The molecule has 192 valence electrons. The maximum Gasteiger partial charge on any atom is 0.173 e. The number of rotatable bonds is 9. The van der Waals surface area contributed by atoms with Gasteiger partial charge in [-0.15, -0.1) is 0 Å². The highest BCUT2D eigenvalue weighted by Crippen LogP contribution is 2.28. The molecule has 0 bridgehead atoms. The summed E-state index contributed by atoms with van der Waals surface area (Å²) in [6.45, 7) is 6.50. The van der Waals surface area contributed by atoms with Crippen molar-refractivity contribution < 1.29 is 4.74 Å². The summed E-state index contributed by atoms with van der Waals surface area (Å²) in [6.07, 6.45) is 2.96. The third-order valence-electron chi connectivity index (χ3n) is 6.39. The van der Waals surface area contributed by atoms with Crippen LogP contribution in [0.2, 0.25) is 10.0 Å². The van der Waals surface area contributed by atoms with Gasteiger partial charge in [0.2, 0.25) is 0 Å². The van der Waals surface area contributed by atoms with Crippen molar-refractivity contribution in [2.75, 3.05) is 19.0 Å². The average molecular weight is 553 g/mol. The van der Waals surface area contributed by atoms with Crippen LogP contribution in [0.15, 0.2) is 79.0 Å². The fourth-order valence-corrected chi connectivity index (χ4v) is 4.83. The first-order valence-corrected chi connectivity index (χ1v) is 13.3. The van der Waals surface area contributed by atoms with Gasteiger partial charge in [0.05, 0.1) is 19.3 Å². The number of methoxy groups -OCH3 is 1. The Hall–Kier alpha value is -2.99. The van der Waals surface area contributed by atoms with E-state index in [9.17, 15) is 0 Å². The molecule has 4 rings (SSSR count). The zero-order valence-corrected chi connectivity index (χ0v) is 23.6. The van der Waals surface area contributed by atoms with Gasteiger partial charge in [-0.05, 0) is 85.6 Å². The van der Waals surface area contributed by atoms with Gasteiger partial charge in [-0.2, -0.15) is 0 Å². The molecule has 1 aromatic heterocycles. The minimum Gasteiger partial charge on any atom is -0.495 e. The third-order valence-corrected chi connectivity index (χ3v) is 7.24. The molecule has 4 nitrogen and oxygen atoms in total. The van der Waals surface area contributed by atoms with Crippen LogP contribution in [0.1, 0.15) is 27.9 Å². The summed E-state index contributed by atoms with van der Waals surface area (Å²) in [7, 11) is 1.62. The van der Waals surface area contributed by atoms with Gasteiger partial charge in [0.1, 0.15) is 5.75 Å². The molecule has 7 heteroatoms. The van der Waals surface area contributed by atoms with Crippen LogP contribution < -0.4 is 10.1 Å². The van der Waals surface area contributed by atoms with Gasteiger partial charge in [0, 0.05) is 41.1 Å². The maximum absolute atomic E-state index is 6.16. The van der Waals surface area contributed by atoms with Crippen molar-refractivity contribution in [3.8, 4) is 5.75 Å². The van der Waals surface area contributed by atoms with E-state index in [0.29, 0.717) is 22.4 Å². The Balaban J connectivity index is 1.56. The number of benzene rings is 3. The number of hydrogen-bond donors (Lipinski definition) is 1.